The first-order valence-corrected chi connectivity index (χ1v) is 3.52. The molecule has 3 unspecified atom stereocenters. The Balaban J connectivity index is 2.02. The molecule has 2 heterocycles. The van der Waals surface area contributed by atoms with E-state index in [4.69, 9.17) is 24.8 Å². The zero-order valence-corrected chi connectivity index (χ0v) is 5.75. The van der Waals surface area contributed by atoms with Crippen LogP contribution in [0, 0.1) is 0 Å². The normalized spacial score (nSPS) is 55.4. The summed E-state index contributed by atoms with van der Waals surface area (Å²) < 4.78 is 9.80. The zero-order chi connectivity index (χ0) is 8.01. The number of hydrogen-bond donors (Lipinski definition) is 3. The van der Waals surface area contributed by atoms with Crippen molar-refractivity contribution < 1.29 is 24.8 Å². The Morgan fingerprint density at radius 1 is 1.09 bits per heavy atom. The van der Waals surface area contributed by atoms with Crippen molar-refractivity contribution in [3.63, 3.8) is 0 Å². The standard InChI is InChI=1S/C6H10O5/c7-1-2-4-5(11-4)3(8)6(9)10-2/h2-9H,1H2/t2?,3?,4-,5?,6+/m1/s1. The second-order valence-electron chi connectivity index (χ2n) is 2.80. The fraction of sp³-hybridized carbons (Fsp3) is 1.00. The van der Waals surface area contributed by atoms with Crippen LogP contribution in [0.25, 0.3) is 0 Å². The van der Waals surface area contributed by atoms with Gasteiger partial charge in [-0.25, -0.2) is 0 Å². The molecule has 0 aromatic carbocycles. The Morgan fingerprint density at radius 2 is 1.82 bits per heavy atom. The van der Waals surface area contributed by atoms with Crippen LogP contribution in [0.15, 0.2) is 0 Å². The maximum Gasteiger partial charge on any atom is 0.184 e. The van der Waals surface area contributed by atoms with E-state index in [-0.39, 0.29) is 18.8 Å². The molecule has 3 N–H and O–H groups in total. The summed E-state index contributed by atoms with van der Waals surface area (Å²) in [6.45, 7) is -0.190. The SMILES string of the molecule is OCC1O[C@H](O)C(O)C2O[C@H]12. The van der Waals surface area contributed by atoms with Gasteiger partial charge in [-0.3, -0.25) is 0 Å². The van der Waals surface area contributed by atoms with Crippen molar-refractivity contribution in [2.24, 2.45) is 0 Å². The van der Waals surface area contributed by atoms with Gasteiger partial charge in [-0.05, 0) is 0 Å². The Hall–Kier alpha value is -0.200. The van der Waals surface area contributed by atoms with Crippen LogP contribution in [0.1, 0.15) is 0 Å². The van der Waals surface area contributed by atoms with Crippen molar-refractivity contribution in [3.05, 3.63) is 0 Å². The molecule has 11 heavy (non-hydrogen) atoms. The summed E-state index contributed by atoms with van der Waals surface area (Å²) in [6.07, 6.45) is -3.27. The van der Waals surface area contributed by atoms with Gasteiger partial charge in [0, 0.05) is 0 Å². The quantitative estimate of drug-likeness (QED) is 0.382. The second-order valence-corrected chi connectivity index (χ2v) is 2.80. The van der Waals surface area contributed by atoms with Gasteiger partial charge in [0.1, 0.15) is 24.4 Å². The lowest BCUT2D eigenvalue weighted by Gasteiger charge is -2.25. The number of hydrogen-bond acceptors (Lipinski definition) is 5. The monoisotopic (exact) mass is 162 g/mol. The molecule has 0 bridgehead atoms. The van der Waals surface area contributed by atoms with Crippen LogP contribution < -0.4 is 0 Å². The first kappa shape index (κ1) is 7.45. The van der Waals surface area contributed by atoms with Gasteiger partial charge in [-0.15, -0.1) is 0 Å². The molecule has 2 saturated heterocycles. The maximum atomic E-state index is 9.12. The third-order valence-electron chi connectivity index (χ3n) is 2.05. The van der Waals surface area contributed by atoms with Crippen LogP contribution in [-0.4, -0.2) is 52.6 Å². The van der Waals surface area contributed by atoms with Crippen LogP contribution in [0.5, 0.6) is 0 Å². The Bertz CT molecular complexity index is 157. The summed E-state index contributed by atoms with van der Waals surface area (Å²) in [6, 6.07) is 0. The minimum atomic E-state index is -1.23. The predicted octanol–water partition coefficient (Wildman–Crippen LogP) is -2.18. The lowest BCUT2D eigenvalue weighted by Crippen LogP contribution is -2.46. The molecule has 0 radical (unpaired) electrons. The average Bonchev–Trinajstić information content (AvgIpc) is 2.76. The molecule has 2 aliphatic heterocycles. The molecule has 0 aromatic rings. The van der Waals surface area contributed by atoms with E-state index in [2.05, 4.69) is 0 Å². The van der Waals surface area contributed by atoms with Crippen molar-refractivity contribution >= 4 is 0 Å². The summed E-state index contributed by atoms with van der Waals surface area (Å²) in [5.74, 6) is 0. The van der Waals surface area contributed by atoms with E-state index in [9.17, 15) is 0 Å². The Kier molecular flexibility index (Phi) is 1.62. The van der Waals surface area contributed by atoms with E-state index in [0.29, 0.717) is 0 Å². The third kappa shape index (κ3) is 1.05. The summed E-state index contributed by atoms with van der Waals surface area (Å²) >= 11 is 0. The molecule has 64 valence electrons. The molecule has 0 spiro atoms. The highest BCUT2D eigenvalue weighted by atomic mass is 16.7. The smallest absolute Gasteiger partial charge is 0.184 e. The lowest BCUT2D eigenvalue weighted by molar-refractivity contribution is -0.209. The van der Waals surface area contributed by atoms with E-state index in [1.165, 1.54) is 0 Å². The first-order valence-electron chi connectivity index (χ1n) is 3.52. The molecular formula is C6H10O5. The van der Waals surface area contributed by atoms with E-state index < -0.39 is 18.5 Å². The van der Waals surface area contributed by atoms with E-state index in [1.54, 1.807) is 0 Å². The Labute approximate surface area is 63.2 Å². The first-order chi connectivity index (χ1) is 5.24. The van der Waals surface area contributed by atoms with E-state index in [0.717, 1.165) is 0 Å². The number of fused-ring (bicyclic) bond motifs is 1. The third-order valence-corrected chi connectivity index (χ3v) is 2.05. The minimum absolute atomic E-state index is 0.190. The number of aliphatic hydroxyl groups is 3. The highest BCUT2D eigenvalue weighted by molar-refractivity contribution is 5.00. The fourth-order valence-corrected chi connectivity index (χ4v) is 1.36. The topological polar surface area (TPSA) is 82.5 Å². The van der Waals surface area contributed by atoms with Crippen LogP contribution in [-0.2, 0) is 9.47 Å². The molecule has 5 nitrogen and oxygen atoms in total. The molecular weight excluding hydrogens is 152 g/mol. The largest absolute Gasteiger partial charge is 0.394 e. The summed E-state index contributed by atoms with van der Waals surface area (Å²) in [5, 5.41) is 26.8. The predicted molar refractivity (Wildman–Crippen MR) is 32.6 cm³/mol. The van der Waals surface area contributed by atoms with Crippen molar-refractivity contribution in [2.45, 2.75) is 30.7 Å². The van der Waals surface area contributed by atoms with Gasteiger partial charge in [-0.1, -0.05) is 0 Å². The van der Waals surface area contributed by atoms with E-state index in [1.807, 2.05) is 0 Å². The van der Waals surface area contributed by atoms with Crippen LogP contribution in [0.4, 0.5) is 0 Å². The fourth-order valence-electron chi connectivity index (χ4n) is 1.36. The van der Waals surface area contributed by atoms with Gasteiger partial charge in [0.15, 0.2) is 6.29 Å². The van der Waals surface area contributed by atoms with E-state index >= 15 is 0 Å². The van der Waals surface area contributed by atoms with Crippen molar-refractivity contribution in [1.29, 1.82) is 0 Å². The summed E-state index contributed by atoms with van der Waals surface area (Å²) in [4.78, 5) is 0. The number of rotatable bonds is 1. The molecule has 0 aliphatic carbocycles. The Morgan fingerprint density at radius 3 is 2.45 bits per heavy atom. The molecule has 2 fully saturated rings. The van der Waals surface area contributed by atoms with Crippen molar-refractivity contribution in [3.8, 4) is 0 Å². The lowest BCUT2D eigenvalue weighted by atomic mass is 10.1. The van der Waals surface area contributed by atoms with Crippen LogP contribution >= 0.6 is 0 Å². The van der Waals surface area contributed by atoms with Gasteiger partial charge in [0.2, 0.25) is 0 Å². The second kappa shape index (κ2) is 2.40. The summed E-state index contributed by atoms with van der Waals surface area (Å²) in [5.41, 5.74) is 0. The molecule has 0 saturated carbocycles. The maximum absolute atomic E-state index is 9.12. The molecule has 5 heteroatoms. The minimum Gasteiger partial charge on any atom is -0.394 e. The van der Waals surface area contributed by atoms with Gasteiger partial charge in [-0.2, -0.15) is 0 Å². The average molecular weight is 162 g/mol. The number of epoxide rings is 1. The molecule has 2 aliphatic rings. The van der Waals surface area contributed by atoms with Crippen LogP contribution in [0.2, 0.25) is 0 Å². The van der Waals surface area contributed by atoms with Gasteiger partial charge in [0.25, 0.3) is 0 Å². The van der Waals surface area contributed by atoms with Gasteiger partial charge >= 0.3 is 0 Å². The zero-order valence-electron chi connectivity index (χ0n) is 5.75. The molecule has 5 atom stereocenters. The van der Waals surface area contributed by atoms with Crippen LogP contribution in [0.3, 0.4) is 0 Å². The van der Waals surface area contributed by atoms with Crippen molar-refractivity contribution in [1.82, 2.24) is 0 Å². The molecule has 2 rings (SSSR count). The van der Waals surface area contributed by atoms with Crippen molar-refractivity contribution in [2.75, 3.05) is 6.61 Å². The molecule has 0 amide bonds. The summed E-state index contributed by atoms with van der Waals surface area (Å²) in [7, 11) is 0. The number of ether oxygens (including phenoxy) is 2. The highest BCUT2D eigenvalue weighted by Gasteiger charge is 2.56. The van der Waals surface area contributed by atoms with Gasteiger partial charge < -0.3 is 24.8 Å². The van der Waals surface area contributed by atoms with Gasteiger partial charge in [0.05, 0.1) is 6.61 Å². The number of aliphatic hydroxyl groups excluding tert-OH is 3. The highest BCUT2D eigenvalue weighted by Crippen LogP contribution is 2.36. The molecule has 0 aromatic heterocycles.